The fourth-order valence-electron chi connectivity index (χ4n) is 0. The van der Waals surface area contributed by atoms with Crippen molar-refractivity contribution in [2.24, 2.45) is 0 Å². The molecule has 0 heterocycles. The second-order valence-corrected chi connectivity index (χ2v) is 3.60. The van der Waals surface area contributed by atoms with Crippen LogP contribution in [0.15, 0.2) is 0 Å². The zero-order valence-corrected chi connectivity index (χ0v) is 7.58. The zero-order valence-electron chi connectivity index (χ0n) is 6.58. The standard InChI is InChI=1S/6CH4.Li.2H4O4Si.H/c;;;;;;;2*1-5(2,3)4;/h6*1H4;;2*1-4H;/q;;;;;;+1;;;-1. The van der Waals surface area contributed by atoms with E-state index in [1.807, 2.05) is 0 Å². The Bertz CT molecular complexity index is 76.6. The van der Waals surface area contributed by atoms with Crippen molar-refractivity contribution in [3.63, 3.8) is 0 Å². The Kier molecular flexibility index (Phi) is 97.9. The third kappa shape index (κ3) is 7150. The molecule has 114 valence electrons. The molecule has 0 atom stereocenters. The number of rotatable bonds is 0. The van der Waals surface area contributed by atoms with Gasteiger partial charge in [-0.25, -0.2) is 0 Å². The van der Waals surface area contributed by atoms with E-state index in [0.29, 0.717) is 0 Å². The van der Waals surface area contributed by atoms with Crippen LogP contribution in [0, 0.1) is 0 Å². The molecule has 0 saturated heterocycles. The van der Waals surface area contributed by atoms with Crippen LogP contribution in [0.5, 0.6) is 0 Å². The smallest absolute Gasteiger partial charge is 1.00 e. The normalized spacial score (nSPS) is 7.06. The summed E-state index contributed by atoms with van der Waals surface area (Å²) >= 11 is 0. The topological polar surface area (TPSA) is 162 Å². The molecule has 0 aromatic carbocycles. The van der Waals surface area contributed by atoms with Crippen LogP contribution in [-0.4, -0.2) is 56.5 Å². The molecule has 11 heteroatoms. The molecule has 0 aliphatic heterocycles. The molecule has 0 unspecified atom stereocenters. The zero-order chi connectivity index (χ0) is 9.00. The Labute approximate surface area is 121 Å². The van der Waals surface area contributed by atoms with Crippen molar-refractivity contribution in [2.75, 3.05) is 0 Å². The van der Waals surface area contributed by atoms with E-state index in [9.17, 15) is 0 Å². The van der Waals surface area contributed by atoms with E-state index < -0.39 is 18.1 Å². The van der Waals surface area contributed by atoms with Crippen molar-refractivity contribution >= 4 is 18.1 Å². The summed E-state index contributed by atoms with van der Waals surface area (Å²) in [5.41, 5.74) is 0. The van der Waals surface area contributed by atoms with E-state index in [-0.39, 0.29) is 64.8 Å². The SMILES string of the molecule is C.C.C.C.C.C.O[Si](O)(O)O.O[Si](O)(O)O.[H-].[Li+]. The summed E-state index contributed by atoms with van der Waals surface area (Å²) in [5.74, 6) is 0. The molecule has 0 amide bonds. The first-order valence-electron chi connectivity index (χ1n) is 1.79. The van der Waals surface area contributed by atoms with Crippen molar-refractivity contribution in [3.05, 3.63) is 0 Å². The third-order valence-electron chi connectivity index (χ3n) is 0. The summed E-state index contributed by atoms with van der Waals surface area (Å²) in [6, 6.07) is 0. The minimum Gasteiger partial charge on any atom is -1.00 e. The molecular weight excluding hydrogens is 263 g/mol. The van der Waals surface area contributed by atoms with Crippen LogP contribution >= 0.6 is 0 Å². The summed E-state index contributed by atoms with van der Waals surface area (Å²) in [6.07, 6.45) is 0. The average Bonchev–Trinajstić information content (AvgIpc) is 1.12. The summed E-state index contributed by atoms with van der Waals surface area (Å²) in [6.45, 7) is 0. The van der Waals surface area contributed by atoms with E-state index in [4.69, 9.17) is 38.4 Å². The predicted molar refractivity (Wildman–Crippen MR) is 70.8 cm³/mol. The van der Waals surface area contributed by atoms with Gasteiger partial charge in [-0.2, -0.15) is 0 Å². The van der Waals surface area contributed by atoms with Gasteiger partial charge in [0, 0.05) is 0 Å². The third-order valence-corrected chi connectivity index (χ3v) is 0. The van der Waals surface area contributed by atoms with Crippen LogP contribution < -0.4 is 18.9 Å². The van der Waals surface area contributed by atoms with Crippen LogP contribution in [0.3, 0.4) is 0 Å². The maximum Gasteiger partial charge on any atom is 1.00 e. The molecule has 0 rings (SSSR count). The summed E-state index contributed by atoms with van der Waals surface area (Å²) in [5, 5.41) is 0. The maximum atomic E-state index is 7.33. The van der Waals surface area contributed by atoms with Gasteiger partial charge in [-0.15, -0.1) is 0 Å². The Morgan fingerprint density at radius 2 is 0.412 bits per heavy atom. The molecule has 0 spiro atoms. The first-order chi connectivity index (χ1) is 4.00. The van der Waals surface area contributed by atoms with Crippen molar-refractivity contribution in [2.45, 2.75) is 44.6 Å². The fraction of sp³-hybridized carbons (Fsp3) is 1.00. The molecule has 0 aliphatic rings. The van der Waals surface area contributed by atoms with Crippen molar-refractivity contribution in [3.8, 4) is 0 Å². The molecule has 0 bridgehead atoms. The molecule has 0 saturated carbocycles. The van der Waals surface area contributed by atoms with Crippen molar-refractivity contribution in [1.82, 2.24) is 0 Å². The quantitative estimate of drug-likeness (QED) is 0.208. The molecule has 0 fully saturated rings. The second kappa shape index (κ2) is 25.5. The van der Waals surface area contributed by atoms with Gasteiger partial charge < -0.3 is 39.8 Å². The van der Waals surface area contributed by atoms with Crippen LogP contribution in [0.2, 0.25) is 0 Å². The van der Waals surface area contributed by atoms with Gasteiger partial charge in [-0.1, -0.05) is 44.6 Å². The molecule has 8 N–H and O–H groups in total. The van der Waals surface area contributed by atoms with Crippen molar-refractivity contribution < 1.29 is 58.7 Å². The largest absolute Gasteiger partial charge is 1.00 e. The Morgan fingerprint density at radius 1 is 0.412 bits per heavy atom. The monoisotopic (exact) mass is 296 g/mol. The first-order valence-corrected chi connectivity index (χ1v) is 5.37. The molecule has 8 nitrogen and oxygen atoms in total. The summed E-state index contributed by atoms with van der Waals surface area (Å²) in [7, 11) is -9.22. The molecule has 17 heavy (non-hydrogen) atoms. The number of hydrogen-bond acceptors (Lipinski definition) is 8. The van der Waals surface area contributed by atoms with Gasteiger partial charge in [0.1, 0.15) is 0 Å². The minimum atomic E-state index is -4.61. The molecular formula is C6H33LiO8Si2. The maximum absolute atomic E-state index is 7.33. The van der Waals surface area contributed by atoms with E-state index >= 15 is 0 Å². The van der Waals surface area contributed by atoms with Gasteiger partial charge in [0.05, 0.1) is 0 Å². The Hall–Kier alpha value is 0.711. The molecule has 0 radical (unpaired) electrons. The Balaban J connectivity index is -0.00000000615. The van der Waals surface area contributed by atoms with Gasteiger partial charge >= 0.3 is 37.0 Å². The van der Waals surface area contributed by atoms with Crippen LogP contribution in [0.25, 0.3) is 0 Å². The fourth-order valence-corrected chi connectivity index (χ4v) is 0. The molecule has 0 aromatic rings. The minimum absolute atomic E-state index is 0. The van der Waals surface area contributed by atoms with Crippen LogP contribution in [-0.2, 0) is 0 Å². The van der Waals surface area contributed by atoms with Gasteiger partial charge in [0.25, 0.3) is 0 Å². The van der Waals surface area contributed by atoms with E-state index in [0.717, 1.165) is 0 Å². The molecule has 0 aromatic heterocycles. The van der Waals surface area contributed by atoms with E-state index in [1.165, 1.54) is 0 Å². The summed E-state index contributed by atoms with van der Waals surface area (Å²) < 4.78 is 0. The second-order valence-electron chi connectivity index (χ2n) is 1.20. The Morgan fingerprint density at radius 3 is 0.412 bits per heavy atom. The van der Waals surface area contributed by atoms with E-state index in [2.05, 4.69) is 0 Å². The van der Waals surface area contributed by atoms with Crippen molar-refractivity contribution in [1.29, 1.82) is 0 Å². The van der Waals surface area contributed by atoms with Gasteiger partial charge in [-0.3, -0.25) is 0 Å². The van der Waals surface area contributed by atoms with Gasteiger partial charge in [0.15, 0.2) is 0 Å². The van der Waals surface area contributed by atoms with Gasteiger partial charge in [0.2, 0.25) is 0 Å². The average molecular weight is 296 g/mol. The predicted octanol–water partition coefficient (Wildman–Crippen LogP) is -4.28. The van der Waals surface area contributed by atoms with Crippen LogP contribution in [0.4, 0.5) is 0 Å². The van der Waals surface area contributed by atoms with Gasteiger partial charge in [-0.05, 0) is 0 Å². The number of hydrogen-bond donors (Lipinski definition) is 8. The molecule has 0 aliphatic carbocycles. The van der Waals surface area contributed by atoms with Crippen LogP contribution in [0.1, 0.15) is 46.0 Å². The van der Waals surface area contributed by atoms with E-state index in [1.54, 1.807) is 0 Å². The summed E-state index contributed by atoms with van der Waals surface area (Å²) in [4.78, 5) is 58.6. The first kappa shape index (κ1) is 65.2.